The van der Waals surface area contributed by atoms with Gasteiger partial charge in [0, 0.05) is 30.7 Å². The van der Waals surface area contributed by atoms with E-state index in [4.69, 9.17) is 0 Å². The van der Waals surface area contributed by atoms with E-state index >= 15 is 0 Å². The van der Waals surface area contributed by atoms with Crippen molar-refractivity contribution in [2.24, 2.45) is 5.92 Å². The highest BCUT2D eigenvalue weighted by Crippen LogP contribution is 2.10. The monoisotopic (exact) mass is 258 g/mol. The van der Waals surface area contributed by atoms with E-state index in [0.29, 0.717) is 0 Å². The Morgan fingerprint density at radius 2 is 2.36 bits per heavy atom. The average Bonchev–Trinajstić information content (AvgIpc) is 2.62. The third kappa shape index (κ3) is 3.45. The second-order valence-electron chi connectivity index (χ2n) is 3.84. The van der Waals surface area contributed by atoms with Gasteiger partial charge in [0.25, 0.3) is 0 Å². The molecule has 14 heavy (non-hydrogen) atoms. The molecule has 0 spiro atoms. The van der Waals surface area contributed by atoms with Crippen LogP contribution in [0.5, 0.6) is 0 Å². The lowest BCUT2D eigenvalue weighted by molar-refractivity contribution is 0.557. The molecule has 0 aliphatic heterocycles. The summed E-state index contributed by atoms with van der Waals surface area (Å²) >= 11 is 3.50. The van der Waals surface area contributed by atoms with Crippen molar-refractivity contribution in [1.29, 1.82) is 0 Å². The Morgan fingerprint density at radius 1 is 1.57 bits per heavy atom. The summed E-state index contributed by atoms with van der Waals surface area (Å²) in [6.45, 7) is 5.56. The van der Waals surface area contributed by atoms with Crippen LogP contribution < -0.4 is 0 Å². The van der Waals surface area contributed by atoms with Crippen molar-refractivity contribution in [3.8, 4) is 0 Å². The first-order valence-corrected chi connectivity index (χ1v) is 6.46. The Hall–Kier alpha value is -0.310. The van der Waals surface area contributed by atoms with Crippen LogP contribution in [0, 0.1) is 5.92 Å². The normalized spacial score (nSPS) is 13.1. The largest absolute Gasteiger partial charge is 0.335 e. The highest BCUT2D eigenvalue weighted by atomic mass is 79.9. The van der Waals surface area contributed by atoms with Crippen molar-refractivity contribution in [3.05, 3.63) is 18.2 Å². The van der Waals surface area contributed by atoms with Gasteiger partial charge in [-0.2, -0.15) is 0 Å². The minimum Gasteiger partial charge on any atom is -0.335 e. The first kappa shape index (κ1) is 11.8. The Labute approximate surface area is 94.9 Å². The Morgan fingerprint density at radius 3 is 3.00 bits per heavy atom. The van der Waals surface area contributed by atoms with Gasteiger partial charge in [-0.25, -0.2) is 4.98 Å². The van der Waals surface area contributed by atoms with Gasteiger partial charge in [-0.3, -0.25) is 0 Å². The highest BCUT2D eigenvalue weighted by molar-refractivity contribution is 9.09. The predicted molar refractivity (Wildman–Crippen MR) is 63.8 cm³/mol. The Kier molecular flexibility index (Phi) is 5.23. The summed E-state index contributed by atoms with van der Waals surface area (Å²) in [4.78, 5) is 4.39. The van der Waals surface area contributed by atoms with Crippen molar-refractivity contribution in [3.63, 3.8) is 0 Å². The van der Waals surface area contributed by atoms with Gasteiger partial charge in [0.2, 0.25) is 0 Å². The van der Waals surface area contributed by atoms with E-state index in [1.807, 2.05) is 6.20 Å². The number of hydrogen-bond acceptors (Lipinski definition) is 1. The summed E-state index contributed by atoms with van der Waals surface area (Å²) in [7, 11) is 0. The number of nitrogens with zero attached hydrogens (tertiary/aromatic N) is 2. The minimum absolute atomic E-state index is 0.738. The predicted octanol–water partition coefficient (Wildman–Crippen LogP) is 3.26. The molecule has 0 saturated carbocycles. The topological polar surface area (TPSA) is 17.8 Å². The quantitative estimate of drug-likeness (QED) is 0.717. The lowest BCUT2D eigenvalue weighted by atomic mass is 10.1. The van der Waals surface area contributed by atoms with Crippen LogP contribution in [0.3, 0.4) is 0 Å². The van der Waals surface area contributed by atoms with E-state index in [2.05, 4.69) is 45.5 Å². The van der Waals surface area contributed by atoms with E-state index in [-0.39, 0.29) is 0 Å². The smallest absolute Gasteiger partial charge is 0.108 e. The van der Waals surface area contributed by atoms with Gasteiger partial charge in [0.1, 0.15) is 5.82 Å². The zero-order valence-electron chi connectivity index (χ0n) is 9.04. The van der Waals surface area contributed by atoms with E-state index in [1.165, 1.54) is 18.7 Å². The summed E-state index contributed by atoms with van der Waals surface area (Å²) in [6, 6.07) is 0. The number of halogens is 1. The minimum atomic E-state index is 0.738. The van der Waals surface area contributed by atoms with Gasteiger partial charge < -0.3 is 4.57 Å². The van der Waals surface area contributed by atoms with Crippen LogP contribution >= 0.6 is 15.9 Å². The fourth-order valence-electron chi connectivity index (χ4n) is 1.47. The molecule has 1 unspecified atom stereocenters. The summed E-state index contributed by atoms with van der Waals surface area (Å²) in [5, 5.41) is 1.08. The first-order chi connectivity index (χ1) is 6.77. The number of imidazole rings is 1. The van der Waals surface area contributed by atoms with Crippen LogP contribution in [-0.4, -0.2) is 14.9 Å². The number of hydrogen-bond donors (Lipinski definition) is 0. The molecule has 0 aliphatic carbocycles. The maximum absolute atomic E-state index is 4.39. The molecular formula is C11H19BrN2. The molecule has 3 heteroatoms. The lowest BCUT2D eigenvalue weighted by Gasteiger charge is -2.08. The van der Waals surface area contributed by atoms with Gasteiger partial charge in [-0.05, 0) is 18.8 Å². The molecule has 0 aliphatic rings. The molecule has 1 heterocycles. The van der Waals surface area contributed by atoms with Crippen molar-refractivity contribution in [2.75, 3.05) is 5.33 Å². The summed E-state index contributed by atoms with van der Waals surface area (Å²) in [6.07, 6.45) is 7.48. The fourth-order valence-corrected chi connectivity index (χ4v) is 1.79. The van der Waals surface area contributed by atoms with Crippen molar-refractivity contribution >= 4 is 15.9 Å². The van der Waals surface area contributed by atoms with Crippen LogP contribution in [0.15, 0.2) is 12.4 Å². The number of rotatable bonds is 6. The molecule has 0 fully saturated rings. The Bertz CT molecular complexity index is 258. The van der Waals surface area contributed by atoms with E-state index in [0.717, 1.165) is 24.2 Å². The number of aryl methyl sites for hydroxylation is 2. The zero-order valence-corrected chi connectivity index (χ0v) is 10.6. The van der Waals surface area contributed by atoms with Gasteiger partial charge in [0.15, 0.2) is 0 Å². The molecule has 0 amide bonds. The van der Waals surface area contributed by atoms with Gasteiger partial charge in [0.05, 0.1) is 0 Å². The molecule has 2 nitrogen and oxygen atoms in total. The van der Waals surface area contributed by atoms with E-state index < -0.39 is 0 Å². The standard InChI is InChI=1S/C11H19BrN2/c1-3-7-14-8-6-13-11(14)5-4-10(2)9-12/h6,8,10H,3-5,7,9H2,1-2H3. The maximum atomic E-state index is 4.39. The fraction of sp³-hybridized carbons (Fsp3) is 0.727. The van der Waals surface area contributed by atoms with Crippen LogP contribution in [0.1, 0.15) is 32.5 Å². The third-order valence-corrected chi connectivity index (χ3v) is 3.50. The van der Waals surface area contributed by atoms with Crippen molar-refractivity contribution in [1.82, 2.24) is 9.55 Å². The molecule has 0 saturated heterocycles. The molecule has 1 rings (SSSR count). The molecule has 1 aromatic heterocycles. The molecule has 0 radical (unpaired) electrons. The van der Waals surface area contributed by atoms with E-state index in [9.17, 15) is 0 Å². The van der Waals surface area contributed by atoms with Gasteiger partial charge >= 0.3 is 0 Å². The van der Waals surface area contributed by atoms with Crippen LogP contribution in [-0.2, 0) is 13.0 Å². The Balaban J connectivity index is 2.45. The van der Waals surface area contributed by atoms with E-state index in [1.54, 1.807) is 0 Å². The number of alkyl halides is 1. The van der Waals surface area contributed by atoms with Gasteiger partial charge in [-0.15, -0.1) is 0 Å². The van der Waals surface area contributed by atoms with Crippen LogP contribution in [0.25, 0.3) is 0 Å². The first-order valence-electron chi connectivity index (χ1n) is 5.33. The lowest BCUT2D eigenvalue weighted by Crippen LogP contribution is -2.05. The summed E-state index contributed by atoms with van der Waals surface area (Å²) in [5.41, 5.74) is 0. The van der Waals surface area contributed by atoms with Crippen molar-refractivity contribution < 1.29 is 0 Å². The van der Waals surface area contributed by atoms with Gasteiger partial charge in [-0.1, -0.05) is 29.8 Å². The second kappa shape index (κ2) is 6.23. The molecule has 1 atom stereocenters. The summed E-state index contributed by atoms with van der Waals surface area (Å²) in [5.74, 6) is 1.97. The average molecular weight is 259 g/mol. The van der Waals surface area contributed by atoms with Crippen molar-refractivity contribution in [2.45, 2.75) is 39.7 Å². The SMILES string of the molecule is CCCn1ccnc1CCC(C)CBr. The van der Waals surface area contributed by atoms with Crippen LogP contribution in [0.4, 0.5) is 0 Å². The number of aromatic nitrogens is 2. The second-order valence-corrected chi connectivity index (χ2v) is 4.48. The molecule has 1 aromatic rings. The molecule has 0 N–H and O–H groups in total. The molecule has 80 valence electrons. The maximum Gasteiger partial charge on any atom is 0.108 e. The molecular weight excluding hydrogens is 240 g/mol. The molecule has 0 aromatic carbocycles. The summed E-state index contributed by atoms with van der Waals surface area (Å²) < 4.78 is 2.26. The highest BCUT2D eigenvalue weighted by Gasteiger charge is 2.05. The molecule has 0 bridgehead atoms. The van der Waals surface area contributed by atoms with Crippen LogP contribution in [0.2, 0.25) is 0 Å². The zero-order chi connectivity index (χ0) is 10.4. The third-order valence-electron chi connectivity index (χ3n) is 2.39.